The van der Waals surface area contributed by atoms with Crippen LogP contribution in [0.4, 0.5) is 5.69 Å². The minimum atomic E-state index is -0.544. The summed E-state index contributed by atoms with van der Waals surface area (Å²) in [5, 5.41) is 15.0. The number of nitro groups is 1. The third kappa shape index (κ3) is 2.09. The van der Waals surface area contributed by atoms with Crippen molar-refractivity contribution in [1.82, 2.24) is 19.7 Å². The van der Waals surface area contributed by atoms with E-state index in [-0.39, 0.29) is 22.5 Å². The molecule has 0 amide bonds. The molecule has 0 aliphatic heterocycles. The first-order valence-electron chi connectivity index (χ1n) is 4.70. The summed E-state index contributed by atoms with van der Waals surface area (Å²) in [7, 11) is 0. The van der Waals surface area contributed by atoms with E-state index in [9.17, 15) is 10.1 Å². The Labute approximate surface area is 101 Å². The minimum absolute atomic E-state index is 0.0451. The van der Waals surface area contributed by atoms with Crippen LogP contribution in [0.15, 0.2) is 12.3 Å². The molecule has 7 nitrogen and oxygen atoms in total. The summed E-state index contributed by atoms with van der Waals surface area (Å²) in [6, 6.07) is 1.72. The summed E-state index contributed by atoms with van der Waals surface area (Å²) < 4.78 is 1.31. The van der Waals surface area contributed by atoms with Crippen molar-refractivity contribution >= 4 is 17.3 Å². The van der Waals surface area contributed by atoms with Crippen LogP contribution in [0.3, 0.4) is 0 Å². The highest BCUT2D eigenvalue weighted by molar-refractivity contribution is 6.28. The number of halogens is 1. The number of rotatable bonds is 2. The Morgan fingerprint density at radius 1 is 1.41 bits per heavy atom. The maximum atomic E-state index is 11.0. The van der Waals surface area contributed by atoms with Crippen LogP contribution in [0.5, 0.6) is 0 Å². The van der Waals surface area contributed by atoms with Crippen molar-refractivity contribution in [2.75, 3.05) is 0 Å². The van der Waals surface area contributed by atoms with E-state index in [0.717, 1.165) is 5.69 Å². The van der Waals surface area contributed by atoms with Gasteiger partial charge in [0, 0.05) is 6.20 Å². The van der Waals surface area contributed by atoms with E-state index in [1.807, 2.05) is 0 Å². The highest BCUT2D eigenvalue weighted by atomic mass is 35.5. The van der Waals surface area contributed by atoms with E-state index in [0.29, 0.717) is 0 Å². The molecular weight excluding hydrogens is 246 g/mol. The van der Waals surface area contributed by atoms with Gasteiger partial charge in [0.05, 0.1) is 10.6 Å². The van der Waals surface area contributed by atoms with E-state index in [1.54, 1.807) is 19.2 Å². The zero-order valence-corrected chi connectivity index (χ0v) is 9.84. The van der Waals surface area contributed by atoms with Crippen LogP contribution in [0.25, 0.3) is 5.82 Å². The van der Waals surface area contributed by atoms with E-state index in [1.165, 1.54) is 11.6 Å². The van der Waals surface area contributed by atoms with Crippen LogP contribution in [-0.2, 0) is 0 Å². The van der Waals surface area contributed by atoms with Crippen molar-refractivity contribution in [3.05, 3.63) is 39.0 Å². The quantitative estimate of drug-likeness (QED) is 0.463. The summed E-state index contributed by atoms with van der Waals surface area (Å²) in [4.78, 5) is 18.0. The highest BCUT2D eigenvalue weighted by Crippen LogP contribution is 2.24. The highest BCUT2D eigenvalue weighted by Gasteiger charge is 2.23. The van der Waals surface area contributed by atoms with Crippen LogP contribution in [0, 0.1) is 24.0 Å². The fourth-order valence-corrected chi connectivity index (χ4v) is 1.63. The lowest BCUT2D eigenvalue weighted by Crippen LogP contribution is -2.07. The van der Waals surface area contributed by atoms with E-state index in [2.05, 4.69) is 15.1 Å². The molecule has 2 heterocycles. The van der Waals surface area contributed by atoms with Crippen molar-refractivity contribution < 1.29 is 4.92 Å². The zero-order valence-electron chi connectivity index (χ0n) is 9.09. The lowest BCUT2D eigenvalue weighted by molar-refractivity contribution is -0.385. The molecule has 0 unspecified atom stereocenters. The fraction of sp³-hybridized carbons (Fsp3) is 0.222. The van der Waals surface area contributed by atoms with Crippen LogP contribution >= 0.6 is 11.6 Å². The van der Waals surface area contributed by atoms with Gasteiger partial charge in [0.25, 0.3) is 0 Å². The Hall–Kier alpha value is -2.02. The van der Waals surface area contributed by atoms with Gasteiger partial charge in [-0.15, -0.1) is 0 Å². The molecule has 2 aromatic heterocycles. The smallest absolute Gasteiger partial charge is 0.258 e. The molecule has 0 aliphatic rings. The fourth-order valence-electron chi connectivity index (χ4n) is 1.43. The van der Waals surface area contributed by atoms with Gasteiger partial charge < -0.3 is 0 Å². The molecule has 0 saturated carbocycles. The second-order valence-electron chi connectivity index (χ2n) is 3.41. The Morgan fingerprint density at radius 3 is 2.65 bits per heavy atom. The number of hydrogen-bond acceptors (Lipinski definition) is 5. The molecule has 0 atom stereocenters. The van der Waals surface area contributed by atoms with Gasteiger partial charge in [0.2, 0.25) is 11.1 Å². The standard InChI is InChI=1S/C9H8ClN5O2/c1-5-3-4-14(13-5)8-7(15(16)17)6(2)11-9(10)12-8/h3-4H,1-2H3. The molecule has 0 N–H and O–H groups in total. The Balaban J connectivity index is 2.71. The zero-order chi connectivity index (χ0) is 12.6. The molecule has 0 fully saturated rings. The van der Waals surface area contributed by atoms with Crippen molar-refractivity contribution in [2.24, 2.45) is 0 Å². The number of aryl methyl sites for hydroxylation is 2. The van der Waals surface area contributed by atoms with E-state index in [4.69, 9.17) is 11.6 Å². The first-order valence-corrected chi connectivity index (χ1v) is 5.08. The van der Waals surface area contributed by atoms with Gasteiger partial charge in [-0.3, -0.25) is 10.1 Å². The number of nitrogens with zero attached hydrogens (tertiary/aromatic N) is 5. The topological polar surface area (TPSA) is 86.7 Å². The average Bonchev–Trinajstić information content (AvgIpc) is 2.62. The lowest BCUT2D eigenvalue weighted by atomic mass is 10.3. The minimum Gasteiger partial charge on any atom is -0.258 e. The van der Waals surface area contributed by atoms with Gasteiger partial charge in [-0.25, -0.2) is 9.67 Å². The van der Waals surface area contributed by atoms with E-state index >= 15 is 0 Å². The van der Waals surface area contributed by atoms with Gasteiger partial charge in [-0.2, -0.15) is 10.1 Å². The molecule has 17 heavy (non-hydrogen) atoms. The Morgan fingerprint density at radius 2 is 2.12 bits per heavy atom. The van der Waals surface area contributed by atoms with Gasteiger partial charge in [-0.1, -0.05) is 0 Å². The maximum Gasteiger partial charge on any atom is 0.334 e. The summed E-state index contributed by atoms with van der Waals surface area (Å²) in [5.41, 5.74) is 0.738. The molecule has 0 spiro atoms. The summed E-state index contributed by atoms with van der Waals surface area (Å²) in [6.07, 6.45) is 1.58. The molecule has 0 bridgehead atoms. The van der Waals surface area contributed by atoms with Gasteiger partial charge >= 0.3 is 5.69 Å². The van der Waals surface area contributed by atoms with Crippen LogP contribution in [0.1, 0.15) is 11.4 Å². The lowest BCUT2D eigenvalue weighted by Gasteiger charge is -2.04. The van der Waals surface area contributed by atoms with Crippen molar-refractivity contribution in [1.29, 1.82) is 0 Å². The SMILES string of the molecule is Cc1ccn(-c2nc(Cl)nc(C)c2[N+](=O)[O-])n1. The molecule has 0 saturated heterocycles. The predicted molar refractivity (Wildman–Crippen MR) is 60.3 cm³/mol. The molecule has 0 aromatic carbocycles. The van der Waals surface area contributed by atoms with Crippen molar-refractivity contribution in [2.45, 2.75) is 13.8 Å². The van der Waals surface area contributed by atoms with Crippen molar-refractivity contribution in [3.8, 4) is 5.82 Å². The molecule has 88 valence electrons. The van der Waals surface area contributed by atoms with Crippen LogP contribution < -0.4 is 0 Å². The predicted octanol–water partition coefficient (Wildman–Crippen LogP) is 1.84. The summed E-state index contributed by atoms with van der Waals surface area (Å²) in [6.45, 7) is 3.28. The second kappa shape index (κ2) is 4.10. The Bertz CT molecular complexity index is 595. The van der Waals surface area contributed by atoms with Gasteiger partial charge in [0.15, 0.2) is 0 Å². The third-order valence-electron chi connectivity index (χ3n) is 2.13. The molecule has 8 heteroatoms. The van der Waals surface area contributed by atoms with Crippen LogP contribution in [0.2, 0.25) is 5.28 Å². The average molecular weight is 254 g/mol. The number of aromatic nitrogens is 4. The summed E-state index contributed by atoms with van der Waals surface area (Å²) >= 11 is 5.70. The molecule has 2 aromatic rings. The van der Waals surface area contributed by atoms with E-state index < -0.39 is 4.92 Å². The largest absolute Gasteiger partial charge is 0.334 e. The maximum absolute atomic E-state index is 11.0. The molecular formula is C9H8ClN5O2. The monoisotopic (exact) mass is 253 g/mol. The molecule has 0 aliphatic carbocycles. The first kappa shape index (κ1) is 11.5. The molecule has 2 rings (SSSR count). The number of hydrogen-bond donors (Lipinski definition) is 0. The van der Waals surface area contributed by atoms with Crippen molar-refractivity contribution in [3.63, 3.8) is 0 Å². The second-order valence-corrected chi connectivity index (χ2v) is 3.75. The normalized spacial score (nSPS) is 10.5. The van der Waals surface area contributed by atoms with Gasteiger partial charge in [0.1, 0.15) is 5.69 Å². The van der Waals surface area contributed by atoms with Gasteiger partial charge in [-0.05, 0) is 31.5 Å². The molecule has 0 radical (unpaired) electrons. The summed E-state index contributed by atoms with van der Waals surface area (Å²) in [5.74, 6) is 0.0700. The third-order valence-corrected chi connectivity index (χ3v) is 2.30. The Kier molecular flexibility index (Phi) is 2.76. The first-order chi connectivity index (χ1) is 7.99. The van der Waals surface area contributed by atoms with Crippen LogP contribution in [-0.4, -0.2) is 24.7 Å².